The van der Waals surface area contributed by atoms with E-state index in [0.29, 0.717) is 42.9 Å². The summed E-state index contributed by atoms with van der Waals surface area (Å²) in [6, 6.07) is 6.87. The van der Waals surface area contributed by atoms with Crippen molar-refractivity contribution >= 4 is 23.3 Å². The van der Waals surface area contributed by atoms with Crippen LogP contribution < -0.4 is 5.73 Å². The van der Waals surface area contributed by atoms with Crippen molar-refractivity contribution in [2.24, 2.45) is 11.7 Å². The van der Waals surface area contributed by atoms with E-state index in [9.17, 15) is 9.59 Å². The molecule has 1 aliphatic rings. The van der Waals surface area contributed by atoms with Gasteiger partial charge in [-0.3, -0.25) is 9.59 Å². The molecule has 114 valence electrons. The fourth-order valence-electron chi connectivity index (χ4n) is 2.65. The molecule has 1 heterocycles. The van der Waals surface area contributed by atoms with Gasteiger partial charge in [-0.1, -0.05) is 11.6 Å². The zero-order chi connectivity index (χ0) is 15.4. The summed E-state index contributed by atoms with van der Waals surface area (Å²) in [6.07, 6.45) is 1.80. The van der Waals surface area contributed by atoms with Gasteiger partial charge in [0.25, 0.3) is 0 Å². The van der Waals surface area contributed by atoms with Gasteiger partial charge in [-0.05, 0) is 44.0 Å². The largest absolute Gasteiger partial charge is 0.343 e. The molecule has 1 saturated heterocycles. The van der Waals surface area contributed by atoms with Gasteiger partial charge < -0.3 is 10.6 Å². The number of hydrogen-bond donors (Lipinski definition) is 1. The van der Waals surface area contributed by atoms with Crippen LogP contribution in [-0.4, -0.2) is 35.7 Å². The van der Waals surface area contributed by atoms with Gasteiger partial charge in [0, 0.05) is 42.1 Å². The van der Waals surface area contributed by atoms with Crippen molar-refractivity contribution in [1.29, 1.82) is 0 Å². The highest BCUT2D eigenvalue weighted by Gasteiger charge is 2.27. The number of benzene rings is 1. The van der Waals surface area contributed by atoms with Crippen LogP contribution in [0.15, 0.2) is 24.3 Å². The molecule has 0 spiro atoms. The lowest BCUT2D eigenvalue weighted by atomic mass is 9.89. The van der Waals surface area contributed by atoms with Gasteiger partial charge in [-0.25, -0.2) is 0 Å². The number of nitrogens with zero attached hydrogens (tertiary/aromatic N) is 1. The van der Waals surface area contributed by atoms with E-state index in [1.54, 1.807) is 24.3 Å². The van der Waals surface area contributed by atoms with Crippen LogP contribution in [0.4, 0.5) is 0 Å². The minimum absolute atomic E-state index is 0.00877. The Morgan fingerprint density at radius 1 is 1.29 bits per heavy atom. The molecule has 0 aliphatic carbocycles. The smallest absolute Gasteiger partial charge is 0.224 e. The molecular weight excluding hydrogens is 288 g/mol. The van der Waals surface area contributed by atoms with Crippen molar-refractivity contribution in [3.63, 3.8) is 0 Å². The van der Waals surface area contributed by atoms with Crippen LogP contribution in [0.1, 0.15) is 36.5 Å². The minimum atomic E-state index is -0.120. The van der Waals surface area contributed by atoms with E-state index in [4.69, 9.17) is 17.3 Å². The van der Waals surface area contributed by atoms with Gasteiger partial charge in [-0.2, -0.15) is 0 Å². The van der Waals surface area contributed by atoms with Gasteiger partial charge in [0.05, 0.1) is 0 Å². The zero-order valence-corrected chi connectivity index (χ0v) is 13.0. The first kappa shape index (κ1) is 16.0. The number of halogens is 1. The van der Waals surface area contributed by atoms with Crippen LogP contribution in [-0.2, 0) is 4.79 Å². The molecule has 2 rings (SSSR count). The van der Waals surface area contributed by atoms with E-state index in [1.165, 1.54) is 0 Å². The Morgan fingerprint density at radius 3 is 2.38 bits per heavy atom. The average molecular weight is 309 g/mol. The van der Waals surface area contributed by atoms with Crippen LogP contribution >= 0.6 is 11.6 Å². The van der Waals surface area contributed by atoms with Crippen LogP contribution in [0.3, 0.4) is 0 Å². The number of piperidine rings is 1. The first-order valence-corrected chi connectivity index (χ1v) is 7.68. The average Bonchev–Trinajstić information content (AvgIpc) is 2.47. The summed E-state index contributed by atoms with van der Waals surface area (Å²) < 4.78 is 0. The molecule has 1 fully saturated rings. The monoisotopic (exact) mass is 308 g/mol. The lowest BCUT2D eigenvalue weighted by Crippen LogP contribution is -2.42. The molecule has 0 bridgehead atoms. The van der Waals surface area contributed by atoms with Crippen molar-refractivity contribution in [3.05, 3.63) is 34.9 Å². The maximum atomic E-state index is 12.4. The maximum absolute atomic E-state index is 12.4. The van der Waals surface area contributed by atoms with Crippen LogP contribution in [0.5, 0.6) is 0 Å². The third-order valence-electron chi connectivity index (χ3n) is 3.84. The number of ketones is 1. The van der Waals surface area contributed by atoms with Gasteiger partial charge in [0.2, 0.25) is 5.91 Å². The molecule has 5 heteroatoms. The highest BCUT2D eigenvalue weighted by molar-refractivity contribution is 6.30. The first-order chi connectivity index (χ1) is 9.97. The van der Waals surface area contributed by atoms with Crippen LogP contribution in [0.25, 0.3) is 0 Å². The zero-order valence-electron chi connectivity index (χ0n) is 12.2. The second kappa shape index (κ2) is 7.05. The topological polar surface area (TPSA) is 63.4 Å². The van der Waals surface area contributed by atoms with Gasteiger partial charge >= 0.3 is 0 Å². The fourth-order valence-corrected chi connectivity index (χ4v) is 2.77. The SMILES string of the molecule is CC(N)CC(=O)N1CCC(C(=O)c2ccc(Cl)cc2)CC1. The Morgan fingerprint density at radius 2 is 1.86 bits per heavy atom. The number of carbonyl (C=O) groups is 2. The summed E-state index contributed by atoms with van der Waals surface area (Å²) in [5.41, 5.74) is 6.35. The number of hydrogen-bond acceptors (Lipinski definition) is 3. The lowest BCUT2D eigenvalue weighted by Gasteiger charge is -2.31. The number of Topliss-reactive ketones (excluding diaryl/α,β-unsaturated/α-hetero) is 1. The number of nitrogens with two attached hydrogens (primary N) is 1. The summed E-state index contributed by atoms with van der Waals surface area (Å²) in [5, 5.41) is 0.628. The Labute approximate surface area is 130 Å². The molecule has 1 unspecified atom stereocenters. The number of likely N-dealkylation sites (tertiary alicyclic amines) is 1. The molecule has 1 aliphatic heterocycles. The highest BCUT2D eigenvalue weighted by atomic mass is 35.5. The quantitative estimate of drug-likeness (QED) is 0.869. The number of carbonyl (C=O) groups excluding carboxylic acids is 2. The van der Waals surface area contributed by atoms with Crippen molar-refractivity contribution < 1.29 is 9.59 Å². The predicted octanol–water partition coefficient (Wildman–Crippen LogP) is 2.50. The molecule has 0 radical (unpaired) electrons. The molecule has 1 atom stereocenters. The van der Waals surface area contributed by atoms with Gasteiger partial charge in [0.15, 0.2) is 5.78 Å². The third-order valence-corrected chi connectivity index (χ3v) is 4.10. The fraction of sp³-hybridized carbons (Fsp3) is 0.500. The van der Waals surface area contributed by atoms with Crippen molar-refractivity contribution in [2.45, 2.75) is 32.2 Å². The van der Waals surface area contributed by atoms with Crippen molar-refractivity contribution in [3.8, 4) is 0 Å². The summed E-state index contributed by atoms with van der Waals surface area (Å²) in [4.78, 5) is 26.2. The molecular formula is C16H21ClN2O2. The second-order valence-electron chi connectivity index (χ2n) is 5.71. The highest BCUT2D eigenvalue weighted by Crippen LogP contribution is 2.23. The lowest BCUT2D eigenvalue weighted by molar-refractivity contribution is -0.132. The summed E-state index contributed by atoms with van der Waals surface area (Å²) in [5.74, 6) is 0.221. The Kier molecular flexibility index (Phi) is 5.37. The van der Waals surface area contributed by atoms with E-state index < -0.39 is 0 Å². The standard InChI is InChI=1S/C16H21ClN2O2/c1-11(18)10-15(20)19-8-6-13(7-9-19)16(21)12-2-4-14(17)5-3-12/h2-5,11,13H,6-10,18H2,1H3. The number of rotatable bonds is 4. The molecule has 1 amide bonds. The van der Waals surface area contributed by atoms with Gasteiger partial charge in [0.1, 0.15) is 0 Å². The minimum Gasteiger partial charge on any atom is -0.343 e. The van der Waals surface area contributed by atoms with Gasteiger partial charge in [-0.15, -0.1) is 0 Å². The molecule has 4 nitrogen and oxygen atoms in total. The van der Waals surface area contributed by atoms with E-state index in [-0.39, 0.29) is 23.7 Å². The van der Waals surface area contributed by atoms with E-state index in [0.717, 1.165) is 0 Å². The first-order valence-electron chi connectivity index (χ1n) is 7.30. The normalized spacial score (nSPS) is 17.6. The van der Waals surface area contributed by atoms with Crippen molar-refractivity contribution in [1.82, 2.24) is 4.90 Å². The summed E-state index contributed by atoms with van der Waals surface area (Å²) in [6.45, 7) is 3.10. The maximum Gasteiger partial charge on any atom is 0.224 e. The van der Waals surface area contributed by atoms with E-state index in [1.807, 2.05) is 11.8 Å². The van der Waals surface area contributed by atoms with E-state index in [2.05, 4.69) is 0 Å². The molecule has 0 aromatic heterocycles. The van der Waals surface area contributed by atoms with E-state index >= 15 is 0 Å². The van der Waals surface area contributed by atoms with Crippen molar-refractivity contribution in [2.75, 3.05) is 13.1 Å². The predicted molar refractivity (Wildman–Crippen MR) is 83.4 cm³/mol. The number of amides is 1. The summed E-state index contributed by atoms with van der Waals surface area (Å²) in [7, 11) is 0. The van der Waals surface area contributed by atoms with Crippen LogP contribution in [0, 0.1) is 5.92 Å². The molecule has 1 aromatic carbocycles. The third kappa shape index (κ3) is 4.29. The molecule has 0 saturated carbocycles. The Balaban J connectivity index is 1.90. The molecule has 1 aromatic rings. The Bertz CT molecular complexity index is 506. The molecule has 21 heavy (non-hydrogen) atoms. The molecule has 2 N–H and O–H groups in total. The van der Waals surface area contributed by atoms with Crippen LogP contribution in [0.2, 0.25) is 5.02 Å². The second-order valence-corrected chi connectivity index (χ2v) is 6.14. The Hall–Kier alpha value is -1.39. The summed E-state index contributed by atoms with van der Waals surface area (Å²) >= 11 is 5.83.